The van der Waals surface area contributed by atoms with Crippen molar-refractivity contribution in [1.29, 1.82) is 0 Å². The first-order valence-electron chi connectivity index (χ1n) is 6.74. The molecule has 0 radical (unpaired) electrons. The Hall–Kier alpha value is -2.04. The van der Waals surface area contributed by atoms with Crippen LogP contribution in [0.2, 0.25) is 0 Å². The molecule has 5 heteroatoms. The summed E-state index contributed by atoms with van der Waals surface area (Å²) in [5, 5.41) is 9.09. The van der Waals surface area contributed by atoms with Gasteiger partial charge in [-0.05, 0) is 31.0 Å². The molecule has 1 amide bonds. The van der Waals surface area contributed by atoms with Crippen molar-refractivity contribution in [2.45, 2.75) is 32.7 Å². The molecule has 1 aromatic rings. The van der Waals surface area contributed by atoms with Crippen LogP contribution in [0.3, 0.4) is 0 Å². The lowest BCUT2D eigenvalue weighted by Crippen LogP contribution is -2.41. The summed E-state index contributed by atoms with van der Waals surface area (Å²) >= 11 is 0. The van der Waals surface area contributed by atoms with E-state index in [1.54, 1.807) is 31.2 Å². The number of hydrogen-bond acceptors (Lipinski definition) is 3. The number of likely N-dealkylation sites (N-methyl/N-ethyl adjacent to an activating group) is 1. The summed E-state index contributed by atoms with van der Waals surface area (Å²) < 4.78 is 5.47. The molecule has 110 valence electrons. The molecular weight excluding hydrogens is 258 g/mol. The topological polar surface area (TPSA) is 66.8 Å². The lowest BCUT2D eigenvalue weighted by Gasteiger charge is -2.23. The maximum Gasteiger partial charge on any atom is 0.326 e. The Balaban J connectivity index is 2.88. The third-order valence-electron chi connectivity index (χ3n) is 3.01. The molecule has 0 aliphatic rings. The van der Waals surface area contributed by atoms with Crippen LogP contribution in [-0.2, 0) is 4.79 Å². The first kappa shape index (κ1) is 16.0. The van der Waals surface area contributed by atoms with E-state index in [-0.39, 0.29) is 5.91 Å². The average molecular weight is 279 g/mol. The predicted octanol–water partition coefficient (Wildman–Crippen LogP) is 2.41. The van der Waals surface area contributed by atoms with Crippen molar-refractivity contribution < 1.29 is 19.4 Å². The zero-order valence-corrected chi connectivity index (χ0v) is 12.1. The Morgan fingerprint density at radius 1 is 1.35 bits per heavy atom. The SMILES string of the molecule is CCCOc1cccc(C(=O)N(C)C(CC)C(=O)O)c1. The van der Waals surface area contributed by atoms with Crippen LogP contribution in [0.15, 0.2) is 24.3 Å². The molecule has 1 aromatic carbocycles. The number of benzene rings is 1. The van der Waals surface area contributed by atoms with E-state index in [0.717, 1.165) is 6.42 Å². The number of carboxylic acids is 1. The highest BCUT2D eigenvalue weighted by atomic mass is 16.5. The molecule has 0 aliphatic carbocycles. The van der Waals surface area contributed by atoms with Crippen LogP contribution in [0, 0.1) is 0 Å². The van der Waals surface area contributed by atoms with Gasteiger partial charge in [0.2, 0.25) is 0 Å². The normalized spacial score (nSPS) is 11.8. The van der Waals surface area contributed by atoms with E-state index in [1.165, 1.54) is 11.9 Å². The number of carboxylic acid groups (broad SMARTS) is 1. The first-order chi connectivity index (χ1) is 9.51. The van der Waals surface area contributed by atoms with E-state index < -0.39 is 12.0 Å². The Kier molecular flexibility index (Phi) is 6.03. The van der Waals surface area contributed by atoms with E-state index in [1.807, 2.05) is 6.92 Å². The van der Waals surface area contributed by atoms with Gasteiger partial charge in [-0.3, -0.25) is 4.79 Å². The van der Waals surface area contributed by atoms with Crippen molar-refractivity contribution in [3.8, 4) is 5.75 Å². The van der Waals surface area contributed by atoms with Crippen molar-refractivity contribution in [2.75, 3.05) is 13.7 Å². The molecule has 0 fully saturated rings. The molecule has 1 unspecified atom stereocenters. The van der Waals surface area contributed by atoms with Gasteiger partial charge in [-0.1, -0.05) is 19.9 Å². The van der Waals surface area contributed by atoms with Crippen LogP contribution in [0.5, 0.6) is 5.75 Å². The maximum atomic E-state index is 12.3. The zero-order valence-electron chi connectivity index (χ0n) is 12.1. The molecule has 0 aliphatic heterocycles. The molecule has 0 heterocycles. The van der Waals surface area contributed by atoms with E-state index in [4.69, 9.17) is 9.84 Å². The monoisotopic (exact) mass is 279 g/mol. The predicted molar refractivity (Wildman–Crippen MR) is 76.0 cm³/mol. The van der Waals surface area contributed by atoms with Crippen molar-refractivity contribution in [1.82, 2.24) is 4.90 Å². The van der Waals surface area contributed by atoms with E-state index in [9.17, 15) is 9.59 Å². The smallest absolute Gasteiger partial charge is 0.326 e. The fraction of sp³-hybridized carbons (Fsp3) is 0.467. The number of carbonyl (C=O) groups is 2. The van der Waals surface area contributed by atoms with Crippen LogP contribution >= 0.6 is 0 Å². The van der Waals surface area contributed by atoms with Crippen LogP contribution in [0.25, 0.3) is 0 Å². The lowest BCUT2D eigenvalue weighted by atomic mass is 10.1. The lowest BCUT2D eigenvalue weighted by molar-refractivity contribution is -0.142. The standard InChI is InChI=1S/C15H21NO4/c1-4-9-20-12-8-6-7-11(10-12)14(17)16(3)13(5-2)15(18)19/h6-8,10,13H,4-5,9H2,1-3H3,(H,18,19). The summed E-state index contributed by atoms with van der Waals surface area (Å²) in [6, 6.07) is 5.99. The van der Waals surface area contributed by atoms with Gasteiger partial charge in [0.25, 0.3) is 5.91 Å². The van der Waals surface area contributed by atoms with Gasteiger partial charge in [0.1, 0.15) is 11.8 Å². The average Bonchev–Trinajstić information content (AvgIpc) is 2.44. The summed E-state index contributed by atoms with van der Waals surface area (Å²) in [5.74, 6) is -0.697. The summed E-state index contributed by atoms with van der Waals surface area (Å²) in [6.07, 6.45) is 1.25. The van der Waals surface area contributed by atoms with Crippen LogP contribution in [0.1, 0.15) is 37.0 Å². The number of nitrogens with zero attached hydrogens (tertiary/aromatic N) is 1. The quantitative estimate of drug-likeness (QED) is 0.832. The van der Waals surface area contributed by atoms with Crippen molar-refractivity contribution in [2.24, 2.45) is 0 Å². The minimum absolute atomic E-state index is 0.318. The summed E-state index contributed by atoms with van der Waals surface area (Å²) in [7, 11) is 1.50. The summed E-state index contributed by atoms with van der Waals surface area (Å²) in [4.78, 5) is 24.6. The summed E-state index contributed by atoms with van der Waals surface area (Å²) in [6.45, 7) is 4.32. The number of ether oxygens (including phenoxy) is 1. The largest absolute Gasteiger partial charge is 0.494 e. The molecule has 0 bridgehead atoms. The van der Waals surface area contributed by atoms with Gasteiger partial charge >= 0.3 is 5.97 Å². The molecule has 1 atom stereocenters. The minimum Gasteiger partial charge on any atom is -0.494 e. The van der Waals surface area contributed by atoms with Gasteiger partial charge < -0.3 is 14.7 Å². The molecular formula is C15H21NO4. The highest BCUT2D eigenvalue weighted by molar-refractivity contribution is 5.96. The van der Waals surface area contributed by atoms with E-state index in [2.05, 4.69) is 0 Å². The Morgan fingerprint density at radius 3 is 2.60 bits per heavy atom. The molecule has 0 saturated carbocycles. The number of hydrogen-bond donors (Lipinski definition) is 1. The first-order valence-corrected chi connectivity index (χ1v) is 6.74. The minimum atomic E-state index is -0.998. The van der Waals surface area contributed by atoms with Gasteiger partial charge in [-0.25, -0.2) is 4.79 Å². The maximum absolute atomic E-state index is 12.3. The second kappa shape index (κ2) is 7.53. The fourth-order valence-electron chi connectivity index (χ4n) is 1.90. The highest BCUT2D eigenvalue weighted by Crippen LogP contribution is 2.16. The Labute approximate surface area is 119 Å². The number of aliphatic carboxylic acids is 1. The van der Waals surface area contributed by atoms with Gasteiger partial charge in [0.15, 0.2) is 0 Å². The van der Waals surface area contributed by atoms with Crippen molar-refractivity contribution in [3.05, 3.63) is 29.8 Å². The van der Waals surface area contributed by atoms with Crippen LogP contribution in [-0.4, -0.2) is 41.6 Å². The van der Waals surface area contributed by atoms with Gasteiger partial charge in [-0.15, -0.1) is 0 Å². The Bertz CT molecular complexity index is 473. The van der Waals surface area contributed by atoms with Crippen molar-refractivity contribution in [3.63, 3.8) is 0 Å². The number of rotatable bonds is 7. The molecule has 20 heavy (non-hydrogen) atoms. The van der Waals surface area contributed by atoms with E-state index >= 15 is 0 Å². The van der Waals surface area contributed by atoms with E-state index in [0.29, 0.717) is 24.3 Å². The third-order valence-corrected chi connectivity index (χ3v) is 3.01. The fourth-order valence-corrected chi connectivity index (χ4v) is 1.90. The van der Waals surface area contributed by atoms with Crippen LogP contribution in [0.4, 0.5) is 0 Å². The van der Waals surface area contributed by atoms with Gasteiger partial charge in [0, 0.05) is 12.6 Å². The molecule has 0 aromatic heterocycles. The van der Waals surface area contributed by atoms with Crippen molar-refractivity contribution >= 4 is 11.9 Å². The molecule has 5 nitrogen and oxygen atoms in total. The highest BCUT2D eigenvalue weighted by Gasteiger charge is 2.25. The van der Waals surface area contributed by atoms with Crippen LogP contribution < -0.4 is 4.74 Å². The molecule has 0 saturated heterocycles. The number of amides is 1. The third kappa shape index (κ3) is 3.98. The molecule has 0 spiro atoms. The Morgan fingerprint density at radius 2 is 2.05 bits per heavy atom. The molecule has 1 N–H and O–H groups in total. The number of carbonyl (C=O) groups excluding carboxylic acids is 1. The van der Waals surface area contributed by atoms with Gasteiger partial charge in [0.05, 0.1) is 6.61 Å². The second-order valence-corrected chi connectivity index (χ2v) is 4.55. The molecule has 1 rings (SSSR count). The van der Waals surface area contributed by atoms with Gasteiger partial charge in [-0.2, -0.15) is 0 Å². The zero-order chi connectivity index (χ0) is 15.1. The summed E-state index contributed by atoms with van der Waals surface area (Å²) in [5.41, 5.74) is 0.431. The second-order valence-electron chi connectivity index (χ2n) is 4.55.